The SMILES string of the molecule is Cc1nc(C(=O)NCc2ccc3c(c2)CNC3)n[nH]1. The molecule has 1 aromatic heterocycles. The van der Waals surface area contributed by atoms with E-state index in [0.717, 1.165) is 18.7 Å². The van der Waals surface area contributed by atoms with Gasteiger partial charge in [-0.2, -0.15) is 0 Å². The van der Waals surface area contributed by atoms with E-state index >= 15 is 0 Å². The molecule has 1 aliphatic heterocycles. The molecule has 0 radical (unpaired) electrons. The summed E-state index contributed by atoms with van der Waals surface area (Å²) >= 11 is 0. The number of H-pyrrole nitrogens is 1. The summed E-state index contributed by atoms with van der Waals surface area (Å²) in [6.45, 7) is 4.08. The Bertz CT molecular complexity index is 619. The second-order valence-electron chi connectivity index (χ2n) is 4.63. The molecule has 0 saturated carbocycles. The van der Waals surface area contributed by atoms with Crippen LogP contribution in [0.1, 0.15) is 33.1 Å². The normalized spacial score (nSPS) is 13.3. The summed E-state index contributed by atoms with van der Waals surface area (Å²) < 4.78 is 0. The monoisotopic (exact) mass is 257 g/mol. The zero-order valence-corrected chi connectivity index (χ0v) is 10.7. The number of benzene rings is 1. The molecule has 6 nitrogen and oxygen atoms in total. The van der Waals surface area contributed by atoms with Gasteiger partial charge in [-0.05, 0) is 23.6 Å². The number of aryl methyl sites for hydroxylation is 1. The molecular weight excluding hydrogens is 242 g/mol. The number of nitrogens with zero attached hydrogens (tertiary/aromatic N) is 2. The molecule has 2 aromatic rings. The first-order valence-electron chi connectivity index (χ1n) is 6.21. The highest BCUT2D eigenvalue weighted by atomic mass is 16.2. The van der Waals surface area contributed by atoms with Gasteiger partial charge in [-0.3, -0.25) is 9.89 Å². The average Bonchev–Trinajstić information content (AvgIpc) is 3.03. The van der Waals surface area contributed by atoms with Crippen molar-refractivity contribution in [3.63, 3.8) is 0 Å². The van der Waals surface area contributed by atoms with Crippen molar-refractivity contribution >= 4 is 5.91 Å². The number of hydrogen-bond donors (Lipinski definition) is 3. The van der Waals surface area contributed by atoms with Crippen LogP contribution in [0.4, 0.5) is 0 Å². The second kappa shape index (κ2) is 4.81. The van der Waals surface area contributed by atoms with Crippen molar-refractivity contribution in [1.29, 1.82) is 0 Å². The molecular formula is C13H15N5O. The molecule has 0 saturated heterocycles. The highest BCUT2D eigenvalue weighted by Crippen LogP contribution is 2.16. The molecule has 19 heavy (non-hydrogen) atoms. The number of amides is 1. The molecule has 98 valence electrons. The van der Waals surface area contributed by atoms with Crippen LogP contribution in [0.5, 0.6) is 0 Å². The maximum absolute atomic E-state index is 11.8. The predicted octanol–water partition coefficient (Wildman–Crippen LogP) is 0.646. The number of hydrogen-bond acceptors (Lipinski definition) is 4. The van der Waals surface area contributed by atoms with Crippen LogP contribution in [-0.2, 0) is 19.6 Å². The molecule has 2 heterocycles. The predicted molar refractivity (Wildman–Crippen MR) is 69.3 cm³/mol. The van der Waals surface area contributed by atoms with E-state index in [0.29, 0.717) is 12.4 Å². The minimum Gasteiger partial charge on any atom is -0.345 e. The highest BCUT2D eigenvalue weighted by molar-refractivity contribution is 5.90. The van der Waals surface area contributed by atoms with Gasteiger partial charge in [0.2, 0.25) is 5.82 Å². The van der Waals surface area contributed by atoms with E-state index in [9.17, 15) is 4.79 Å². The number of rotatable bonds is 3. The molecule has 6 heteroatoms. The highest BCUT2D eigenvalue weighted by Gasteiger charge is 2.12. The first kappa shape index (κ1) is 11.9. The molecule has 1 amide bonds. The van der Waals surface area contributed by atoms with Crippen LogP contribution in [0.2, 0.25) is 0 Å². The fourth-order valence-corrected chi connectivity index (χ4v) is 2.16. The average molecular weight is 257 g/mol. The number of fused-ring (bicyclic) bond motifs is 1. The van der Waals surface area contributed by atoms with Crippen molar-refractivity contribution in [2.45, 2.75) is 26.6 Å². The number of aromatic amines is 1. The van der Waals surface area contributed by atoms with Gasteiger partial charge in [0, 0.05) is 19.6 Å². The summed E-state index contributed by atoms with van der Waals surface area (Å²) in [6, 6.07) is 6.27. The standard InChI is InChI=1S/C13H15N5O/c1-8-16-12(18-17-8)13(19)15-5-9-2-3-10-6-14-7-11(10)4-9/h2-4,14H,5-7H2,1H3,(H,15,19)(H,16,17,18). The van der Waals surface area contributed by atoms with Gasteiger partial charge in [0.25, 0.3) is 5.91 Å². The van der Waals surface area contributed by atoms with Crippen molar-refractivity contribution < 1.29 is 4.79 Å². The van der Waals surface area contributed by atoms with E-state index in [2.05, 4.69) is 37.9 Å². The minimum absolute atomic E-state index is 0.181. The molecule has 0 atom stereocenters. The molecule has 0 bridgehead atoms. The van der Waals surface area contributed by atoms with Gasteiger partial charge in [0.1, 0.15) is 5.82 Å². The largest absolute Gasteiger partial charge is 0.345 e. The van der Waals surface area contributed by atoms with Crippen LogP contribution < -0.4 is 10.6 Å². The van der Waals surface area contributed by atoms with E-state index in [4.69, 9.17) is 0 Å². The quantitative estimate of drug-likeness (QED) is 0.754. The van der Waals surface area contributed by atoms with Crippen LogP contribution >= 0.6 is 0 Å². The molecule has 0 aliphatic carbocycles. The lowest BCUT2D eigenvalue weighted by atomic mass is 10.1. The zero-order valence-electron chi connectivity index (χ0n) is 10.7. The van der Waals surface area contributed by atoms with Crippen molar-refractivity contribution in [3.8, 4) is 0 Å². The lowest BCUT2D eigenvalue weighted by Crippen LogP contribution is -2.24. The molecule has 0 unspecified atom stereocenters. The van der Waals surface area contributed by atoms with E-state index < -0.39 is 0 Å². The summed E-state index contributed by atoms with van der Waals surface area (Å²) in [5, 5.41) is 12.6. The zero-order chi connectivity index (χ0) is 13.2. The molecule has 3 rings (SSSR count). The third-order valence-electron chi connectivity index (χ3n) is 3.15. The lowest BCUT2D eigenvalue weighted by Gasteiger charge is -2.05. The lowest BCUT2D eigenvalue weighted by molar-refractivity contribution is 0.0941. The van der Waals surface area contributed by atoms with Gasteiger partial charge in [0.05, 0.1) is 0 Å². The first-order chi connectivity index (χ1) is 9.22. The summed E-state index contributed by atoms with van der Waals surface area (Å²) in [7, 11) is 0. The Hall–Kier alpha value is -2.21. The van der Waals surface area contributed by atoms with E-state index in [-0.39, 0.29) is 11.7 Å². The number of aromatic nitrogens is 3. The smallest absolute Gasteiger partial charge is 0.291 e. The van der Waals surface area contributed by atoms with Crippen molar-refractivity contribution in [2.24, 2.45) is 0 Å². The van der Waals surface area contributed by atoms with Crippen LogP contribution in [0, 0.1) is 6.92 Å². The summed E-state index contributed by atoms with van der Waals surface area (Å²) in [4.78, 5) is 15.8. The number of carbonyl (C=O) groups is 1. The summed E-state index contributed by atoms with van der Waals surface area (Å²) in [5.74, 6) is 0.553. The van der Waals surface area contributed by atoms with E-state index in [1.54, 1.807) is 6.92 Å². The van der Waals surface area contributed by atoms with Crippen molar-refractivity contribution in [1.82, 2.24) is 25.8 Å². The number of nitrogens with one attached hydrogen (secondary N) is 3. The molecule has 1 aromatic carbocycles. The number of carbonyl (C=O) groups excluding carboxylic acids is 1. The third-order valence-corrected chi connectivity index (χ3v) is 3.15. The van der Waals surface area contributed by atoms with Gasteiger partial charge in [0.15, 0.2) is 0 Å². The molecule has 1 aliphatic rings. The Labute approximate surface area is 110 Å². The Morgan fingerprint density at radius 1 is 1.37 bits per heavy atom. The molecule has 0 spiro atoms. The maximum Gasteiger partial charge on any atom is 0.291 e. The van der Waals surface area contributed by atoms with Gasteiger partial charge < -0.3 is 10.6 Å². The summed E-state index contributed by atoms with van der Waals surface area (Å²) in [5.41, 5.74) is 3.73. The second-order valence-corrected chi connectivity index (χ2v) is 4.63. The van der Waals surface area contributed by atoms with Gasteiger partial charge >= 0.3 is 0 Å². The first-order valence-corrected chi connectivity index (χ1v) is 6.21. The van der Waals surface area contributed by atoms with Crippen LogP contribution in [0.25, 0.3) is 0 Å². The Kier molecular flexibility index (Phi) is 3.00. The van der Waals surface area contributed by atoms with Crippen molar-refractivity contribution in [3.05, 3.63) is 46.5 Å². The van der Waals surface area contributed by atoms with E-state index in [1.165, 1.54) is 11.1 Å². The van der Waals surface area contributed by atoms with Gasteiger partial charge in [-0.1, -0.05) is 18.2 Å². The van der Waals surface area contributed by atoms with Crippen molar-refractivity contribution in [2.75, 3.05) is 0 Å². The summed E-state index contributed by atoms with van der Waals surface area (Å²) in [6.07, 6.45) is 0. The Balaban J connectivity index is 1.64. The van der Waals surface area contributed by atoms with Gasteiger partial charge in [-0.15, -0.1) is 5.10 Å². The van der Waals surface area contributed by atoms with E-state index in [1.807, 2.05) is 6.07 Å². The van der Waals surface area contributed by atoms with Gasteiger partial charge in [-0.25, -0.2) is 4.98 Å². The van der Waals surface area contributed by atoms with Crippen LogP contribution in [-0.4, -0.2) is 21.1 Å². The molecule has 3 N–H and O–H groups in total. The van der Waals surface area contributed by atoms with Crippen LogP contribution in [0.15, 0.2) is 18.2 Å². The van der Waals surface area contributed by atoms with Crippen LogP contribution in [0.3, 0.4) is 0 Å². The topological polar surface area (TPSA) is 82.7 Å². The molecule has 0 fully saturated rings. The third kappa shape index (κ3) is 2.48. The fourth-order valence-electron chi connectivity index (χ4n) is 2.16. The maximum atomic E-state index is 11.8. The Morgan fingerprint density at radius 2 is 2.21 bits per heavy atom. The Morgan fingerprint density at radius 3 is 3.00 bits per heavy atom. The fraction of sp³-hybridized carbons (Fsp3) is 0.308. The minimum atomic E-state index is -0.261.